The van der Waals surface area contributed by atoms with Crippen LogP contribution in [0.2, 0.25) is 0 Å². The Kier molecular flexibility index (Phi) is 2.79. The minimum absolute atomic E-state index is 0.114. The number of aryl methyl sites for hydroxylation is 1. The van der Waals surface area contributed by atoms with E-state index >= 15 is 0 Å². The molecule has 0 amide bonds. The summed E-state index contributed by atoms with van der Waals surface area (Å²) in [5.74, 6) is 0.114. The fraction of sp³-hybridized carbons (Fsp3) is 0.0667. The summed E-state index contributed by atoms with van der Waals surface area (Å²) >= 11 is 0. The number of rotatable bonds is 2. The van der Waals surface area contributed by atoms with Gasteiger partial charge < -0.3 is 5.11 Å². The van der Waals surface area contributed by atoms with Crippen LogP contribution in [0.5, 0.6) is 5.75 Å². The summed E-state index contributed by atoms with van der Waals surface area (Å²) in [5.41, 5.74) is 1.43. The molecule has 4 nitrogen and oxygen atoms in total. The first-order valence-corrected chi connectivity index (χ1v) is 7.55. The molecule has 20 heavy (non-hydrogen) atoms. The molecule has 3 aromatic rings. The van der Waals surface area contributed by atoms with E-state index in [4.69, 9.17) is 0 Å². The number of phenolic OH excluding ortho intramolecular Hbond substituents is 1. The minimum atomic E-state index is -3.62. The van der Waals surface area contributed by atoms with Gasteiger partial charge in [0.05, 0.1) is 10.4 Å². The molecule has 2 aromatic carbocycles. The van der Waals surface area contributed by atoms with E-state index in [0.29, 0.717) is 10.9 Å². The summed E-state index contributed by atoms with van der Waals surface area (Å²) in [7, 11) is -3.62. The van der Waals surface area contributed by atoms with Crippen LogP contribution in [0.25, 0.3) is 10.9 Å². The maximum absolute atomic E-state index is 12.6. The van der Waals surface area contributed by atoms with Gasteiger partial charge >= 0.3 is 0 Å². The predicted octanol–water partition coefficient (Wildman–Crippen LogP) is 2.89. The molecule has 5 heteroatoms. The third-order valence-electron chi connectivity index (χ3n) is 3.18. The molecule has 0 saturated heterocycles. The fourth-order valence-corrected chi connectivity index (χ4v) is 3.66. The third-order valence-corrected chi connectivity index (χ3v) is 4.87. The first kappa shape index (κ1) is 12.7. The molecule has 1 aromatic heterocycles. The Morgan fingerprint density at radius 2 is 1.85 bits per heavy atom. The normalized spacial score (nSPS) is 11.8. The molecule has 3 rings (SSSR count). The lowest BCUT2D eigenvalue weighted by molar-refractivity contribution is 0.476. The number of phenols is 1. The van der Waals surface area contributed by atoms with Crippen molar-refractivity contribution in [3.8, 4) is 5.75 Å². The molecule has 1 heterocycles. The van der Waals surface area contributed by atoms with Crippen molar-refractivity contribution in [3.63, 3.8) is 0 Å². The van der Waals surface area contributed by atoms with Crippen molar-refractivity contribution in [2.75, 3.05) is 0 Å². The lowest BCUT2D eigenvalue weighted by atomic mass is 10.2. The Morgan fingerprint density at radius 3 is 2.60 bits per heavy atom. The van der Waals surface area contributed by atoms with Gasteiger partial charge in [0.25, 0.3) is 10.0 Å². The van der Waals surface area contributed by atoms with Crippen LogP contribution >= 0.6 is 0 Å². The van der Waals surface area contributed by atoms with E-state index in [1.807, 2.05) is 13.0 Å². The van der Waals surface area contributed by atoms with Gasteiger partial charge in [-0.2, -0.15) is 0 Å². The highest BCUT2D eigenvalue weighted by molar-refractivity contribution is 7.90. The zero-order valence-electron chi connectivity index (χ0n) is 10.8. The zero-order chi connectivity index (χ0) is 14.3. The van der Waals surface area contributed by atoms with Gasteiger partial charge in [-0.1, -0.05) is 12.1 Å². The summed E-state index contributed by atoms with van der Waals surface area (Å²) in [6, 6.07) is 13.1. The van der Waals surface area contributed by atoms with Crippen LogP contribution in [0.15, 0.2) is 59.6 Å². The Bertz CT molecular complexity index is 894. The van der Waals surface area contributed by atoms with Gasteiger partial charge in [-0.3, -0.25) is 0 Å². The van der Waals surface area contributed by atoms with Gasteiger partial charge in [0, 0.05) is 11.6 Å². The van der Waals surface area contributed by atoms with Crippen LogP contribution in [0.3, 0.4) is 0 Å². The quantitative estimate of drug-likeness (QED) is 0.788. The summed E-state index contributed by atoms with van der Waals surface area (Å²) in [5, 5.41) is 10.1. The molecule has 0 radical (unpaired) electrons. The molecular formula is C15H13NO3S. The smallest absolute Gasteiger partial charge is 0.268 e. The van der Waals surface area contributed by atoms with Crippen molar-refractivity contribution in [2.45, 2.75) is 11.8 Å². The van der Waals surface area contributed by atoms with E-state index in [1.54, 1.807) is 30.3 Å². The lowest BCUT2D eigenvalue weighted by Gasteiger charge is -2.08. The maximum atomic E-state index is 12.6. The highest BCUT2D eigenvalue weighted by Gasteiger charge is 2.18. The van der Waals surface area contributed by atoms with Crippen molar-refractivity contribution < 1.29 is 13.5 Å². The van der Waals surface area contributed by atoms with Crippen LogP contribution < -0.4 is 0 Å². The summed E-state index contributed by atoms with van der Waals surface area (Å²) in [6.07, 6.45) is 1.50. The molecule has 0 aliphatic rings. The Hall–Kier alpha value is -2.27. The first-order valence-electron chi connectivity index (χ1n) is 6.11. The van der Waals surface area contributed by atoms with E-state index in [2.05, 4.69) is 0 Å². The number of hydrogen-bond acceptors (Lipinski definition) is 3. The topological polar surface area (TPSA) is 59.3 Å². The molecule has 0 atom stereocenters. The number of fused-ring (bicyclic) bond motifs is 1. The predicted molar refractivity (Wildman–Crippen MR) is 77.4 cm³/mol. The molecule has 0 saturated carbocycles. The monoisotopic (exact) mass is 287 g/mol. The largest absolute Gasteiger partial charge is 0.508 e. The molecule has 0 aliphatic heterocycles. The molecule has 0 fully saturated rings. The molecule has 0 bridgehead atoms. The van der Waals surface area contributed by atoms with Gasteiger partial charge in [0.15, 0.2) is 0 Å². The van der Waals surface area contributed by atoms with Crippen LogP contribution in [-0.2, 0) is 10.0 Å². The Balaban J connectivity index is 2.24. The van der Waals surface area contributed by atoms with E-state index < -0.39 is 10.0 Å². The number of hydrogen-bond donors (Lipinski definition) is 1. The van der Waals surface area contributed by atoms with Gasteiger partial charge in [0.1, 0.15) is 5.75 Å². The fourth-order valence-electron chi connectivity index (χ4n) is 2.20. The molecule has 0 aliphatic carbocycles. The van der Waals surface area contributed by atoms with E-state index in [0.717, 1.165) is 5.56 Å². The van der Waals surface area contributed by atoms with Crippen LogP contribution in [0.1, 0.15) is 5.56 Å². The number of aromatic hydroxyl groups is 1. The van der Waals surface area contributed by atoms with Gasteiger partial charge in [0.2, 0.25) is 0 Å². The van der Waals surface area contributed by atoms with Crippen LogP contribution in [0, 0.1) is 6.92 Å². The van der Waals surface area contributed by atoms with Crippen molar-refractivity contribution in [1.82, 2.24) is 3.97 Å². The van der Waals surface area contributed by atoms with Crippen LogP contribution in [-0.4, -0.2) is 17.5 Å². The highest BCUT2D eigenvalue weighted by Crippen LogP contribution is 2.25. The second kappa shape index (κ2) is 4.38. The summed E-state index contributed by atoms with van der Waals surface area (Å²) < 4.78 is 26.5. The van der Waals surface area contributed by atoms with E-state index in [9.17, 15) is 13.5 Å². The number of nitrogens with zero attached hydrogens (tertiary/aromatic N) is 1. The molecule has 0 unspecified atom stereocenters. The lowest BCUT2D eigenvalue weighted by Crippen LogP contribution is -2.11. The van der Waals surface area contributed by atoms with Crippen molar-refractivity contribution in [1.29, 1.82) is 0 Å². The molecule has 102 valence electrons. The number of benzene rings is 2. The van der Waals surface area contributed by atoms with Crippen molar-refractivity contribution in [2.24, 2.45) is 0 Å². The first-order chi connectivity index (χ1) is 9.48. The van der Waals surface area contributed by atoms with Crippen LogP contribution in [0.4, 0.5) is 0 Å². The zero-order valence-corrected chi connectivity index (χ0v) is 11.6. The average molecular weight is 287 g/mol. The van der Waals surface area contributed by atoms with Gasteiger partial charge in [-0.05, 0) is 48.9 Å². The Morgan fingerprint density at radius 1 is 1.05 bits per heavy atom. The highest BCUT2D eigenvalue weighted by atomic mass is 32.2. The molecular weight excluding hydrogens is 274 g/mol. The summed E-state index contributed by atoms with van der Waals surface area (Å²) in [6.45, 7) is 1.85. The minimum Gasteiger partial charge on any atom is -0.508 e. The second-order valence-corrected chi connectivity index (χ2v) is 6.49. The standard InChI is InChI=1S/C15H13NO3S/c1-11-3-2-4-14(9-11)20(18,19)16-8-7-12-10-13(17)5-6-15(12)16/h2-10,17H,1H3. The Labute approximate surface area is 117 Å². The van der Waals surface area contributed by atoms with Crippen molar-refractivity contribution in [3.05, 3.63) is 60.3 Å². The third kappa shape index (κ3) is 1.96. The van der Waals surface area contributed by atoms with Gasteiger partial charge in [-0.15, -0.1) is 0 Å². The summed E-state index contributed by atoms with van der Waals surface area (Å²) in [4.78, 5) is 0.253. The second-order valence-electron chi connectivity index (χ2n) is 4.68. The van der Waals surface area contributed by atoms with Crippen molar-refractivity contribution >= 4 is 20.9 Å². The maximum Gasteiger partial charge on any atom is 0.268 e. The molecule has 0 spiro atoms. The average Bonchev–Trinajstić information content (AvgIpc) is 2.82. The van der Waals surface area contributed by atoms with E-state index in [-0.39, 0.29) is 10.6 Å². The SMILES string of the molecule is Cc1cccc(S(=O)(=O)n2ccc3cc(O)ccc32)c1. The van der Waals surface area contributed by atoms with Gasteiger partial charge in [-0.25, -0.2) is 12.4 Å². The number of aromatic nitrogens is 1. The molecule has 1 N–H and O–H groups in total. The van der Waals surface area contributed by atoms with E-state index in [1.165, 1.54) is 22.3 Å².